The molecule has 0 bridgehead atoms. The van der Waals surface area contributed by atoms with Crippen LogP contribution in [0, 0.1) is 5.92 Å². The average Bonchev–Trinajstić information content (AvgIpc) is 2.88. The number of aryl methyl sites for hydroxylation is 1. The van der Waals surface area contributed by atoms with Gasteiger partial charge in [0, 0.05) is 13.1 Å². The smallest absolute Gasteiger partial charge is 0.307 e. The molecular weight excluding hydrogens is 238 g/mol. The van der Waals surface area contributed by atoms with Crippen LogP contribution in [-0.2, 0) is 11.2 Å². The zero-order chi connectivity index (χ0) is 13.2. The summed E-state index contributed by atoms with van der Waals surface area (Å²) in [5.41, 5.74) is 2.99. The second kappa shape index (κ2) is 5.33. The topological polar surface area (TPSA) is 40.5 Å². The van der Waals surface area contributed by atoms with Crippen LogP contribution in [-0.4, -0.2) is 35.6 Å². The van der Waals surface area contributed by atoms with Crippen LogP contribution in [0.3, 0.4) is 0 Å². The number of hydrogen-bond donors (Lipinski definition) is 1. The molecule has 1 fully saturated rings. The van der Waals surface area contributed by atoms with Gasteiger partial charge < -0.3 is 10.0 Å². The summed E-state index contributed by atoms with van der Waals surface area (Å²) in [6.07, 6.45) is 4.51. The van der Waals surface area contributed by atoms with Crippen molar-refractivity contribution in [1.82, 2.24) is 4.90 Å². The van der Waals surface area contributed by atoms with Gasteiger partial charge in [-0.1, -0.05) is 24.3 Å². The lowest BCUT2D eigenvalue weighted by Crippen LogP contribution is -2.29. The number of carbonyl (C=O) groups is 1. The van der Waals surface area contributed by atoms with Crippen LogP contribution in [0.5, 0.6) is 0 Å². The first kappa shape index (κ1) is 12.7. The standard InChI is InChI=1S/C16H21NO2/c18-16(19)14-8-9-17(11-14)10-13-6-3-5-12-4-1-2-7-15(12)13/h1-2,4,7,13-14H,3,5-6,8-11H2,(H,18,19)/t13-,14-/m0/s1. The number of carboxylic acid groups (broad SMARTS) is 1. The summed E-state index contributed by atoms with van der Waals surface area (Å²) < 4.78 is 0. The highest BCUT2D eigenvalue weighted by Crippen LogP contribution is 2.33. The summed E-state index contributed by atoms with van der Waals surface area (Å²) in [6.45, 7) is 2.70. The Morgan fingerprint density at radius 2 is 2.16 bits per heavy atom. The van der Waals surface area contributed by atoms with Crippen molar-refractivity contribution < 1.29 is 9.90 Å². The molecular formula is C16H21NO2. The maximum Gasteiger partial charge on any atom is 0.307 e. The Morgan fingerprint density at radius 3 is 2.95 bits per heavy atom. The fourth-order valence-electron chi connectivity index (χ4n) is 3.56. The number of rotatable bonds is 3. The third kappa shape index (κ3) is 2.66. The zero-order valence-electron chi connectivity index (χ0n) is 11.2. The molecule has 3 rings (SSSR count). The molecule has 1 N–H and O–H groups in total. The number of aliphatic carboxylic acids is 1. The fraction of sp³-hybridized carbons (Fsp3) is 0.562. The summed E-state index contributed by atoms with van der Waals surface area (Å²) in [6, 6.07) is 8.74. The maximum atomic E-state index is 11.0. The maximum absolute atomic E-state index is 11.0. The highest BCUT2D eigenvalue weighted by molar-refractivity contribution is 5.70. The molecule has 0 radical (unpaired) electrons. The molecule has 0 unspecified atom stereocenters. The Morgan fingerprint density at radius 1 is 1.32 bits per heavy atom. The average molecular weight is 259 g/mol. The van der Waals surface area contributed by atoms with Gasteiger partial charge in [0.2, 0.25) is 0 Å². The van der Waals surface area contributed by atoms with Gasteiger partial charge in [-0.05, 0) is 49.3 Å². The fourth-order valence-corrected chi connectivity index (χ4v) is 3.56. The minimum absolute atomic E-state index is 0.154. The number of benzene rings is 1. The number of fused-ring (bicyclic) bond motifs is 1. The molecule has 2 atom stereocenters. The predicted octanol–water partition coefficient (Wildman–Crippen LogP) is 2.51. The summed E-state index contributed by atoms with van der Waals surface area (Å²) in [5.74, 6) is -0.192. The largest absolute Gasteiger partial charge is 0.481 e. The summed E-state index contributed by atoms with van der Waals surface area (Å²) in [7, 11) is 0. The van der Waals surface area contributed by atoms with Crippen molar-refractivity contribution in [3.05, 3.63) is 35.4 Å². The molecule has 0 saturated carbocycles. The van der Waals surface area contributed by atoms with Gasteiger partial charge in [-0.3, -0.25) is 4.79 Å². The second-order valence-corrected chi connectivity index (χ2v) is 5.87. The Kier molecular flexibility index (Phi) is 3.56. The molecule has 0 amide bonds. The molecule has 1 aromatic carbocycles. The molecule has 1 aliphatic heterocycles. The quantitative estimate of drug-likeness (QED) is 0.906. The molecule has 1 aromatic rings. The molecule has 1 saturated heterocycles. The number of hydrogen-bond acceptors (Lipinski definition) is 2. The van der Waals surface area contributed by atoms with Crippen molar-refractivity contribution in [1.29, 1.82) is 0 Å². The first-order valence-corrected chi connectivity index (χ1v) is 7.27. The van der Waals surface area contributed by atoms with Gasteiger partial charge in [0.1, 0.15) is 0 Å². The van der Waals surface area contributed by atoms with E-state index >= 15 is 0 Å². The van der Waals surface area contributed by atoms with Gasteiger partial charge in [-0.25, -0.2) is 0 Å². The van der Waals surface area contributed by atoms with Crippen molar-refractivity contribution in [2.24, 2.45) is 5.92 Å². The van der Waals surface area contributed by atoms with Crippen LogP contribution in [0.1, 0.15) is 36.3 Å². The van der Waals surface area contributed by atoms with Crippen LogP contribution < -0.4 is 0 Å². The van der Waals surface area contributed by atoms with Crippen LogP contribution in [0.15, 0.2) is 24.3 Å². The van der Waals surface area contributed by atoms with Crippen molar-refractivity contribution in [3.8, 4) is 0 Å². The highest BCUT2D eigenvalue weighted by atomic mass is 16.4. The van der Waals surface area contributed by atoms with Gasteiger partial charge in [0.05, 0.1) is 5.92 Å². The SMILES string of the molecule is O=C(O)[C@H]1CCN(C[C@@H]2CCCc3ccccc32)C1. The normalized spacial score (nSPS) is 27.2. The monoisotopic (exact) mass is 259 g/mol. The van der Waals surface area contributed by atoms with Gasteiger partial charge in [0.15, 0.2) is 0 Å². The van der Waals surface area contributed by atoms with E-state index in [0.717, 1.165) is 26.1 Å². The molecule has 3 nitrogen and oxygen atoms in total. The van der Waals surface area contributed by atoms with Crippen molar-refractivity contribution in [3.63, 3.8) is 0 Å². The van der Waals surface area contributed by atoms with Gasteiger partial charge in [0.25, 0.3) is 0 Å². The Labute approximate surface area is 114 Å². The molecule has 102 valence electrons. The lowest BCUT2D eigenvalue weighted by atomic mass is 9.82. The highest BCUT2D eigenvalue weighted by Gasteiger charge is 2.30. The number of carboxylic acids is 1. The van der Waals surface area contributed by atoms with Crippen molar-refractivity contribution in [2.75, 3.05) is 19.6 Å². The number of likely N-dealkylation sites (tertiary alicyclic amines) is 1. The molecule has 0 spiro atoms. The summed E-state index contributed by atoms with van der Waals surface area (Å²) in [4.78, 5) is 13.3. The molecule has 3 heteroatoms. The van der Waals surface area contributed by atoms with Gasteiger partial charge in [-0.2, -0.15) is 0 Å². The molecule has 1 heterocycles. The molecule has 1 aliphatic carbocycles. The van der Waals surface area contributed by atoms with E-state index < -0.39 is 5.97 Å². The van der Waals surface area contributed by atoms with Crippen molar-refractivity contribution >= 4 is 5.97 Å². The van der Waals surface area contributed by atoms with E-state index in [1.54, 1.807) is 0 Å². The predicted molar refractivity (Wildman–Crippen MR) is 74.3 cm³/mol. The molecule has 19 heavy (non-hydrogen) atoms. The minimum Gasteiger partial charge on any atom is -0.481 e. The molecule has 0 aromatic heterocycles. The Hall–Kier alpha value is -1.35. The second-order valence-electron chi connectivity index (χ2n) is 5.87. The van der Waals surface area contributed by atoms with Crippen LogP contribution in [0.4, 0.5) is 0 Å². The van der Waals surface area contributed by atoms with E-state index in [2.05, 4.69) is 29.2 Å². The van der Waals surface area contributed by atoms with E-state index in [1.165, 1.54) is 30.4 Å². The Bertz CT molecular complexity index is 472. The third-order valence-corrected chi connectivity index (χ3v) is 4.59. The molecule has 2 aliphatic rings. The zero-order valence-corrected chi connectivity index (χ0v) is 11.2. The van der Waals surface area contributed by atoms with E-state index in [-0.39, 0.29) is 5.92 Å². The van der Waals surface area contributed by atoms with E-state index in [4.69, 9.17) is 5.11 Å². The first-order chi connectivity index (χ1) is 9.24. The summed E-state index contributed by atoms with van der Waals surface area (Å²) in [5, 5.41) is 9.07. The van der Waals surface area contributed by atoms with E-state index in [0.29, 0.717) is 5.92 Å². The van der Waals surface area contributed by atoms with Crippen LogP contribution >= 0.6 is 0 Å². The van der Waals surface area contributed by atoms with Crippen molar-refractivity contribution in [2.45, 2.75) is 31.6 Å². The van der Waals surface area contributed by atoms with E-state index in [9.17, 15) is 4.79 Å². The number of nitrogens with zero attached hydrogens (tertiary/aromatic N) is 1. The lowest BCUT2D eigenvalue weighted by Gasteiger charge is -2.29. The van der Waals surface area contributed by atoms with Crippen LogP contribution in [0.2, 0.25) is 0 Å². The van der Waals surface area contributed by atoms with E-state index in [1.807, 2.05) is 0 Å². The lowest BCUT2D eigenvalue weighted by molar-refractivity contribution is -0.141. The Balaban J connectivity index is 1.67. The minimum atomic E-state index is -0.633. The van der Waals surface area contributed by atoms with Crippen LogP contribution in [0.25, 0.3) is 0 Å². The third-order valence-electron chi connectivity index (χ3n) is 4.59. The first-order valence-electron chi connectivity index (χ1n) is 7.27. The summed E-state index contributed by atoms with van der Waals surface area (Å²) >= 11 is 0. The van der Waals surface area contributed by atoms with Gasteiger partial charge >= 0.3 is 5.97 Å². The van der Waals surface area contributed by atoms with Gasteiger partial charge in [-0.15, -0.1) is 0 Å².